The molecular weight excluding hydrogens is 272 g/mol. The van der Waals surface area contributed by atoms with E-state index in [1.54, 1.807) is 6.08 Å². The van der Waals surface area contributed by atoms with E-state index in [0.29, 0.717) is 6.42 Å². The summed E-state index contributed by atoms with van der Waals surface area (Å²) in [4.78, 5) is 12.6. The molecule has 22 heavy (non-hydrogen) atoms. The number of carbonyl (C=O) groups is 1. The summed E-state index contributed by atoms with van der Waals surface area (Å²) in [6, 6.07) is 9.54. The second kappa shape index (κ2) is 7.13. The van der Waals surface area contributed by atoms with Gasteiger partial charge < -0.3 is 4.74 Å². The monoisotopic (exact) mass is 296 g/mol. The second-order valence-corrected chi connectivity index (χ2v) is 6.43. The minimum atomic E-state index is -1.07. The van der Waals surface area contributed by atoms with Gasteiger partial charge in [0.05, 0.1) is 0 Å². The molecule has 1 aromatic rings. The van der Waals surface area contributed by atoms with Crippen LogP contribution >= 0.6 is 0 Å². The summed E-state index contributed by atoms with van der Waals surface area (Å²) in [5.41, 5.74) is 0.0520. The fourth-order valence-corrected chi connectivity index (χ4v) is 1.92. The highest BCUT2D eigenvalue weighted by molar-refractivity contribution is 5.84. The number of esters is 1. The van der Waals surface area contributed by atoms with Gasteiger partial charge in [-0.1, -0.05) is 41.7 Å². The molecule has 2 nitrogen and oxygen atoms in total. The third-order valence-electron chi connectivity index (χ3n) is 2.90. The van der Waals surface area contributed by atoms with E-state index in [1.807, 2.05) is 58.0 Å². The molecule has 0 aliphatic heterocycles. The van der Waals surface area contributed by atoms with Crippen molar-refractivity contribution in [2.45, 2.75) is 39.7 Å². The number of rotatable bonds is 4. The van der Waals surface area contributed by atoms with E-state index in [-0.39, 0.29) is 5.97 Å². The van der Waals surface area contributed by atoms with E-state index in [1.165, 1.54) is 0 Å². The fourth-order valence-electron chi connectivity index (χ4n) is 1.92. The van der Waals surface area contributed by atoms with Crippen LogP contribution in [0.2, 0.25) is 0 Å². The van der Waals surface area contributed by atoms with Crippen molar-refractivity contribution >= 4 is 5.97 Å². The molecule has 0 spiro atoms. The molecular formula is C20H24O2. The Morgan fingerprint density at radius 3 is 2.32 bits per heavy atom. The molecule has 0 saturated heterocycles. The van der Waals surface area contributed by atoms with Crippen molar-refractivity contribution in [2.24, 2.45) is 5.41 Å². The zero-order valence-corrected chi connectivity index (χ0v) is 13.9. The Bertz CT molecular complexity index is 609. The largest absolute Gasteiger partial charge is 0.459 e. The smallest absolute Gasteiger partial charge is 0.329 e. The van der Waals surface area contributed by atoms with E-state index in [9.17, 15) is 4.79 Å². The normalized spacial score (nSPS) is 13.3. The van der Waals surface area contributed by atoms with Gasteiger partial charge in [0.1, 0.15) is 5.60 Å². The summed E-state index contributed by atoms with van der Waals surface area (Å²) >= 11 is 0. The number of ether oxygens (including phenoxy) is 1. The summed E-state index contributed by atoms with van der Waals surface area (Å²) in [6.45, 7) is 15.1. The molecule has 0 unspecified atom stereocenters. The van der Waals surface area contributed by atoms with Crippen molar-refractivity contribution in [3.8, 4) is 11.8 Å². The SMILES string of the molecule is C=C[C@@](C#Cc1ccccc1)(CC(=C)C)C(=O)OC(C)(C)C. The van der Waals surface area contributed by atoms with Crippen LogP contribution in [0.15, 0.2) is 55.1 Å². The zero-order valence-electron chi connectivity index (χ0n) is 13.9. The van der Waals surface area contributed by atoms with Crippen molar-refractivity contribution in [3.05, 3.63) is 60.7 Å². The van der Waals surface area contributed by atoms with Crippen LogP contribution in [-0.2, 0) is 9.53 Å². The van der Waals surface area contributed by atoms with Gasteiger partial charge in [0.25, 0.3) is 0 Å². The van der Waals surface area contributed by atoms with Gasteiger partial charge in [-0.15, -0.1) is 13.2 Å². The third-order valence-corrected chi connectivity index (χ3v) is 2.90. The first-order valence-electron chi connectivity index (χ1n) is 7.28. The van der Waals surface area contributed by atoms with Crippen LogP contribution in [0, 0.1) is 17.3 Å². The predicted molar refractivity (Wildman–Crippen MR) is 91.2 cm³/mol. The Kier molecular flexibility index (Phi) is 5.77. The Morgan fingerprint density at radius 2 is 1.86 bits per heavy atom. The molecule has 0 bridgehead atoms. The van der Waals surface area contributed by atoms with Gasteiger partial charge in [-0.25, -0.2) is 0 Å². The Morgan fingerprint density at radius 1 is 1.27 bits per heavy atom. The van der Waals surface area contributed by atoms with E-state index in [4.69, 9.17) is 4.74 Å². The fraction of sp³-hybridized carbons (Fsp3) is 0.350. The average Bonchev–Trinajstić information content (AvgIpc) is 2.42. The zero-order chi connectivity index (χ0) is 16.8. The van der Waals surface area contributed by atoms with Crippen molar-refractivity contribution in [1.82, 2.24) is 0 Å². The molecule has 0 fully saturated rings. The van der Waals surface area contributed by atoms with Crippen LogP contribution in [0.25, 0.3) is 0 Å². The van der Waals surface area contributed by atoms with Crippen LogP contribution < -0.4 is 0 Å². The lowest BCUT2D eigenvalue weighted by Gasteiger charge is -2.28. The van der Waals surface area contributed by atoms with Crippen molar-refractivity contribution in [1.29, 1.82) is 0 Å². The third kappa shape index (κ3) is 5.26. The number of carbonyl (C=O) groups excluding carboxylic acids is 1. The second-order valence-electron chi connectivity index (χ2n) is 6.43. The highest BCUT2D eigenvalue weighted by Crippen LogP contribution is 2.30. The van der Waals surface area contributed by atoms with Gasteiger partial charge in [-0.2, -0.15) is 0 Å². The molecule has 0 radical (unpaired) electrons. The molecule has 116 valence electrons. The predicted octanol–water partition coefficient (Wildman–Crippen LogP) is 4.52. The number of benzene rings is 1. The van der Waals surface area contributed by atoms with Crippen LogP contribution in [-0.4, -0.2) is 11.6 Å². The van der Waals surface area contributed by atoms with Gasteiger partial charge in [0, 0.05) is 5.56 Å². The quantitative estimate of drug-likeness (QED) is 0.464. The van der Waals surface area contributed by atoms with Crippen LogP contribution in [0.4, 0.5) is 0 Å². The maximum absolute atomic E-state index is 12.6. The first kappa shape index (κ1) is 17.8. The first-order chi connectivity index (χ1) is 10.2. The van der Waals surface area contributed by atoms with Crippen molar-refractivity contribution in [3.63, 3.8) is 0 Å². The Balaban J connectivity index is 3.22. The Labute approximate surface area is 133 Å². The summed E-state index contributed by atoms with van der Waals surface area (Å²) in [6.07, 6.45) is 1.96. The number of allylic oxidation sites excluding steroid dienone is 1. The van der Waals surface area contributed by atoms with Crippen LogP contribution in [0.3, 0.4) is 0 Å². The molecule has 0 aliphatic rings. The molecule has 0 aliphatic carbocycles. The molecule has 2 heteroatoms. The highest BCUT2D eigenvalue weighted by Gasteiger charge is 2.37. The number of hydrogen-bond acceptors (Lipinski definition) is 2. The van der Waals surface area contributed by atoms with Gasteiger partial charge in [0.15, 0.2) is 5.41 Å². The minimum Gasteiger partial charge on any atom is -0.459 e. The van der Waals surface area contributed by atoms with Crippen LogP contribution in [0.5, 0.6) is 0 Å². The van der Waals surface area contributed by atoms with E-state index < -0.39 is 11.0 Å². The summed E-state index contributed by atoms with van der Waals surface area (Å²) in [5, 5.41) is 0. The van der Waals surface area contributed by atoms with Gasteiger partial charge in [0.2, 0.25) is 0 Å². The van der Waals surface area contributed by atoms with Gasteiger partial charge in [-0.3, -0.25) is 4.79 Å². The molecule has 1 aromatic carbocycles. The van der Waals surface area contributed by atoms with Gasteiger partial charge in [-0.05, 0) is 46.2 Å². The topological polar surface area (TPSA) is 26.3 Å². The maximum Gasteiger partial charge on any atom is 0.329 e. The molecule has 0 heterocycles. The van der Waals surface area contributed by atoms with E-state index in [0.717, 1.165) is 11.1 Å². The lowest BCUT2D eigenvalue weighted by Crippen LogP contribution is -2.36. The minimum absolute atomic E-state index is 0.388. The molecule has 0 saturated carbocycles. The number of hydrogen-bond donors (Lipinski definition) is 0. The van der Waals surface area contributed by atoms with Gasteiger partial charge >= 0.3 is 5.97 Å². The van der Waals surface area contributed by atoms with E-state index in [2.05, 4.69) is 25.0 Å². The molecule has 0 N–H and O–H groups in total. The molecule has 1 atom stereocenters. The lowest BCUT2D eigenvalue weighted by atomic mass is 9.82. The van der Waals surface area contributed by atoms with Crippen LogP contribution in [0.1, 0.15) is 39.7 Å². The van der Waals surface area contributed by atoms with Crippen molar-refractivity contribution in [2.75, 3.05) is 0 Å². The summed E-state index contributed by atoms with van der Waals surface area (Å²) < 4.78 is 5.53. The molecule has 1 rings (SSSR count). The molecule has 0 aromatic heterocycles. The highest BCUT2D eigenvalue weighted by atomic mass is 16.6. The first-order valence-corrected chi connectivity index (χ1v) is 7.28. The molecule has 0 amide bonds. The average molecular weight is 296 g/mol. The standard InChI is InChI=1S/C20H24O2/c1-7-20(15-16(2)3,18(21)22-19(4,5)6)14-13-17-11-9-8-10-12-17/h7-12H,1-2,15H2,3-6H3/t20-/m1/s1. The Hall–Kier alpha value is -2.27. The maximum atomic E-state index is 12.6. The summed E-state index contributed by atoms with van der Waals surface area (Å²) in [7, 11) is 0. The van der Waals surface area contributed by atoms with Crippen molar-refractivity contribution < 1.29 is 9.53 Å². The van der Waals surface area contributed by atoms with E-state index >= 15 is 0 Å². The lowest BCUT2D eigenvalue weighted by molar-refractivity contribution is -0.161. The summed E-state index contributed by atoms with van der Waals surface area (Å²) in [5.74, 6) is 5.71.